The molecule has 4 nitrogen and oxygen atoms in total. The molecule has 1 amide bonds. The predicted octanol–water partition coefficient (Wildman–Crippen LogP) is 2.37. The Morgan fingerprint density at radius 3 is 2.94 bits per heavy atom. The summed E-state index contributed by atoms with van der Waals surface area (Å²) in [6, 6.07) is 7.65. The molecule has 0 fully saturated rings. The van der Waals surface area contributed by atoms with Crippen molar-refractivity contribution in [1.82, 2.24) is 5.32 Å². The molecule has 1 aromatic rings. The molecule has 0 aliphatic heterocycles. The van der Waals surface area contributed by atoms with Gasteiger partial charge in [0.1, 0.15) is 5.75 Å². The third-order valence-corrected chi connectivity index (χ3v) is 2.73. The Morgan fingerprint density at radius 2 is 2.22 bits per heavy atom. The predicted molar refractivity (Wildman–Crippen MR) is 73.8 cm³/mol. The number of carbonyl (C=O) groups excluding carboxylic acids is 1. The molecule has 5 heteroatoms. The summed E-state index contributed by atoms with van der Waals surface area (Å²) in [6.45, 7) is 1.64. The summed E-state index contributed by atoms with van der Waals surface area (Å²) in [5, 5.41) is 2.76. The normalized spacial score (nSPS) is 10.1. The van der Waals surface area contributed by atoms with E-state index in [2.05, 4.69) is 21.2 Å². The molecule has 18 heavy (non-hydrogen) atoms. The zero-order chi connectivity index (χ0) is 13.2. The van der Waals surface area contributed by atoms with Gasteiger partial charge in [-0.05, 0) is 24.6 Å². The monoisotopic (exact) mass is 315 g/mol. The third kappa shape index (κ3) is 6.61. The number of ether oxygens (including phenoxy) is 2. The first-order valence-corrected chi connectivity index (χ1v) is 6.65. The number of hydrogen-bond donors (Lipinski definition) is 1. The van der Waals surface area contributed by atoms with Gasteiger partial charge in [0.25, 0.3) is 0 Å². The van der Waals surface area contributed by atoms with Gasteiger partial charge in [0.2, 0.25) is 5.91 Å². The highest BCUT2D eigenvalue weighted by atomic mass is 79.9. The molecule has 100 valence electrons. The van der Waals surface area contributed by atoms with Crippen LogP contribution >= 0.6 is 15.9 Å². The second kappa shape index (κ2) is 8.94. The molecule has 0 bridgehead atoms. The van der Waals surface area contributed by atoms with Crippen molar-refractivity contribution in [1.29, 1.82) is 0 Å². The highest BCUT2D eigenvalue weighted by molar-refractivity contribution is 9.10. The Balaban J connectivity index is 2.09. The topological polar surface area (TPSA) is 47.6 Å². The first-order valence-electron chi connectivity index (χ1n) is 5.86. The van der Waals surface area contributed by atoms with Gasteiger partial charge in [0.15, 0.2) is 0 Å². The van der Waals surface area contributed by atoms with Crippen molar-refractivity contribution in [3.05, 3.63) is 28.7 Å². The lowest BCUT2D eigenvalue weighted by atomic mass is 10.3. The molecular weight excluding hydrogens is 298 g/mol. The van der Waals surface area contributed by atoms with Crippen molar-refractivity contribution < 1.29 is 14.3 Å². The molecule has 0 unspecified atom stereocenters. The quantitative estimate of drug-likeness (QED) is 0.749. The molecule has 1 aromatic carbocycles. The average molecular weight is 316 g/mol. The molecule has 0 saturated carbocycles. The van der Waals surface area contributed by atoms with Crippen molar-refractivity contribution in [2.75, 3.05) is 26.9 Å². The van der Waals surface area contributed by atoms with Gasteiger partial charge >= 0.3 is 0 Å². The van der Waals surface area contributed by atoms with Crippen LogP contribution in [0.1, 0.15) is 12.8 Å². The van der Waals surface area contributed by atoms with Crippen LogP contribution in [0, 0.1) is 0 Å². The summed E-state index contributed by atoms with van der Waals surface area (Å²) in [6.07, 6.45) is 1.17. The number of rotatable bonds is 8. The number of hydrogen-bond acceptors (Lipinski definition) is 3. The molecule has 0 saturated heterocycles. The number of amides is 1. The first-order chi connectivity index (χ1) is 8.72. The van der Waals surface area contributed by atoms with Crippen LogP contribution < -0.4 is 10.1 Å². The minimum atomic E-state index is 0.0323. The van der Waals surface area contributed by atoms with Gasteiger partial charge < -0.3 is 14.8 Å². The fourth-order valence-corrected chi connectivity index (χ4v) is 1.74. The van der Waals surface area contributed by atoms with Crippen LogP contribution in [0.15, 0.2) is 28.7 Å². The van der Waals surface area contributed by atoms with Crippen LogP contribution in [0.2, 0.25) is 0 Å². The third-order valence-electron chi connectivity index (χ3n) is 2.24. The Bertz CT molecular complexity index is 371. The average Bonchev–Trinajstić information content (AvgIpc) is 2.35. The number of benzene rings is 1. The number of halogens is 1. The molecule has 0 aromatic heterocycles. The number of methoxy groups -OCH3 is 1. The van der Waals surface area contributed by atoms with E-state index in [1.165, 1.54) is 0 Å². The molecular formula is C13H18BrNO3. The maximum atomic E-state index is 11.4. The molecule has 1 rings (SSSR count). The second-order valence-corrected chi connectivity index (χ2v) is 4.67. The highest BCUT2D eigenvalue weighted by Gasteiger charge is 2.01. The molecule has 1 N–H and O–H groups in total. The van der Waals surface area contributed by atoms with E-state index in [0.29, 0.717) is 32.6 Å². The van der Waals surface area contributed by atoms with Crippen molar-refractivity contribution in [3.8, 4) is 5.75 Å². The summed E-state index contributed by atoms with van der Waals surface area (Å²) in [7, 11) is 1.61. The lowest BCUT2D eigenvalue weighted by Gasteiger charge is -2.07. The standard InChI is InChI=1S/C13H18BrNO3/c1-17-9-7-15-13(16)6-3-8-18-12-5-2-4-11(14)10-12/h2,4-5,10H,3,6-9H2,1H3,(H,15,16). The molecule has 0 spiro atoms. The molecule has 0 radical (unpaired) electrons. The summed E-state index contributed by atoms with van der Waals surface area (Å²) < 4.78 is 11.4. The van der Waals surface area contributed by atoms with Crippen molar-refractivity contribution in [2.45, 2.75) is 12.8 Å². The van der Waals surface area contributed by atoms with Gasteiger partial charge in [0, 0.05) is 24.5 Å². The lowest BCUT2D eigenvalue weighted by molar-refractivity contribution is -0.121. The summed E-state index contributed by atoms with van der Waals surface area (Å²) in [4.78, 5) is 11.4. The van der Waals surface area contributed by atoms with Crippen LogP contribution in [-0.2, 0) is 9.53 Å². The van der Waals surface area contributed by atoms with Gasteiger partial charge in [-0.15, -0.1) is 0 Å². The van der Waals surface area contributed by atoms with Gasteiger partial charge in [-0.25, -0.2) is 0 Å². The second-order valence-electron chi connectivity index (χ2n) is 3.75. The van der Waals surface area contributed by atoms with Crippen LogP contribution in [0.25, 0.3) is 0 Å². The van der Waals surface area contributed by atoms with E-state index in [4.69, 9.17) is 9.47 Å². The largest absolute Gasteiger partial charge is 0.494 e. The van der Waals surface area contributed by atoms with E-state index in [1.807, 2.05) is 24.3 Å². The fourth-order valence-electron chi connectivity index (χ4n) is 1.36. The summed E-state index contributed by atoms with van der Waals surface area (Å²) >= 11 is 3.37. The van der Waals surface area contributed by atoms with E-state index < -0.39 is 0 Å². The smallest absolute Gasteiger partial charge is 0.220 e. The molecule has 0 heterocycles. The lowest BCUT2D eigenvalue weighted by Crippen LogP contribution is -2.26. The Labute approximate surface area is 116 Å². The number of nitrogens with one attached hydrogen (secondary N) is 1. The van der Waals surface area contributed by atoms with Crippen molar-refractivity contribution in [3.63, 3.8) is 0 Å². The van der Waals surface area contributed by atoms with Crippen molar-refractivity contribution >= 4 is 21.8 Å². The molecule has 0 atom stereocenters. The Morgan fingerprint density at radius 1 is 1.39 bits per heavy atom. The Kier molecular flexibility index (Phi) is 7.44. The highest BCUT2D eigenvalue weighted by Crippen LogP contribution is 2.17. The van der Waals surface area contributed by atoms with Gasteiger partial charge in [-0.1, -0.05) is 22.0 Å². The van der Waals surface area contributed by atoms with Crippen LogP contribution in [0.4, 0.5) is 0 Å². The SMILES string of the molecule is COCCNC(=O)CCCOc1cccc(Br)c1. The fraction of sp³-hybridized carbons (Fsp3) is 0.462. The van der Waals surface area contributed by atoms with E-state index in [1.54, 1.807) is 7.11 Å². The van der Waals surface area contributed by atoms with Gasteiger partial charge in [-0.2, -0.15) is 0 Å². The van der Waals surface area contributed by atoms with E-state index in [9.17, 15) is 4.79 Å². The van der Waals surface area contributed by atoms with Crippen molar-refractivity contribution in [2.24, 2.45) is 0 Å². The summed E-state index contributed by atoms with van der Waals surface area (Å²) in [5.41, 5.74) is 0. The van der Waals surface area contributed by atoms with E-state index in [-0.39, 0.29) is 5.91 Å². The zero-order valence-corrected chi connectivity index (χ0v) is 12.0. The van der Waals surface area contributed by atoms with Gasteiger partial charge in [-0.3, -0.25) is 4.79 Å². The molecule has 0 aliphatic rings. The van der Waals surface area contributed by atoms with E-state index >= 15 is 0 Å². The van der Waals surface area contributed by atoms with Gasteiger partial charge in [0.05, 0.1) is 13.2 Å². The van der Waals surface area contributed by atoms with Crippen LogP contribution in [-0.4, -0.2) is 32.8 Å². The van der Waals surface area contributed by atoms with Crippen LogP contribution in [0.3, 0.4) is 0 Å². The van der Waals surface area contributed by atoms with E-state index in [0.717, 1.165) is 10.2 Å². The minimum Gasteiger partial charge on any atom is -0.494 e. The number of carbonyl (C=O) groups is 1. The molecule has 0 aliphatic carbocycles. The maximum Gasteiger partial charge on any atom is 0.220 e. The minimum absolute atomic E-state index is 0.0323. The Hall–Kier alpha value is -1.07. The van der Waals surface area contributed by atoms with Crippen LogP contribution in [0.5, 0.6) is 5.75 Å². The summed E-state index contributed by atoms with van der Waals surface area (Å²) in [5.74, 6) is 0.842. The first kappa shape index (κ1) is 15.0. The maximum absolute atomic E-state index is 11.4. The zero-order valence-electron chi connectivity index (χ0n) is 10.4.